The molecule has 0 atom stereocenters. The quantitative estimate of drug-likeness (QED) is 0.503. The van der Waals surface area contributed by atoms with Gasteiger partial charge in [-0.15, -0.1) is 0 Å². The summed E-state index contributed by atoms with van der Waals surface area (Å²) < 4.78 is 13.9. The van der Waals surface area contributed by atoms with Crippen LogP contribution in [0.5, 0.6) is 0 Å². The van der Waals surface area contributed by atoms with Crippen LogP contribution in [0, 0.1) is 5.82 Å². The van der Waals surface area contributed by atoms with Crippen LogP contribution in [0.4, 0.5) is 10.1 Å². The second-order valence-electron chi connectivity index (χ2n) is 6.24. The number of rotatable bonds is 5. The van der Waals surface area contributed by atoms with Gasteiger partial charge in [0.25, 0.3) is 0 Å². The molecule has 0 radical (unpaired) electrons. The molecule has 3 aromatic carbocycles. The van der Waals surface area contributed by atoms with Crippen LogP contribution in [0.1, 0.15) is 5.56 Å². The van der Waals surface area contributed by atoms with Gasteiger partial charge in [0, 0.05) is 23.8 Å². The molecule has 0 aliphatic carbocycles. The molecule has 128 valence electrons. The Morgan fingerprint density at radius 3 is 2.50 bits per heavy atom. The Labute approximate surface area is 152 Å². The molecule has 4 rings (SSSR count). The van der Waals surface area contributed by atoms with E-state index >= 15 is 0 Å². The van der Waals surface area contributed by atoms with E-state index in [1.807, 2.05) is 18.2 Å². The number of anilines is 1. The zero-order valence-corrected chi connectivity index (χ0v) is 14.3. The second kappa shape index (κ2) is 7.36. The number of para-hydroxylation sites is 1. The van der Waals surface area contributed by atoms with E-state index in [2.05, 4.69) is 58.8 Å². The molecule has 0 fully saturated rings. The maximum Gasteiger partial charge on any atom is 0.149 e. The lowest BCUT2D eigenvalue weighted by molar-refractivity contribution is 0.637. The number of hydrogen-bond donors (Lipinski definition) is 1. The highest BCUT2D eigenvalue weighted by molar-refractivity contribution is 5.91. The van der Waals surface area contributed by atoms with Crippen LogP contribution in [0.25, 0.3) is 22.0 Å². The topological polar surface area (TPSA) is 24.9 Å². The van der Waals surface area contributed by atoms with Crippen molar-refractivity contribution in [1.82, 2.24) is 4.98 Å². The van der Waals surface area contributed by atoms with Gasteiger partial charge in [0.1, 0.15) is 11.3 Å². The third-order valence-electron chi connectivity index (χ3n) is 4.49. The standard InChI is InChI=1S/C23H19FN2/c24-21-11-5-10-20-22(13-15-26-23(20)21)25-14-12-17-6-4-9-19(16-17)18-7-2-1-3-8-18/h1-11,13,15-16H,12,14H2,(H,25,26). The van der Waals surface area contributed by atoms with Gasteiger partial charge in [0.2, 0.25) is 0 Å². The van der Waals surface area contributed by atoms with Gasteiger partial charge in [-0.25, -0.2) is 4.39 Å². The lowest BCUT2D eigenvalue weighted by Crippen LogP contribution is -2.05. The van der Waals surface area contributed by atoms with Gasteiger partial charge in [-0.2, -0.15) is 0 Å². The van der Waals surface area contributed by atoms with E-state index in [0.29, 0.717) is 5.52 Å². The van der Waals surface area contributed by atoms with Crippen LogP contribution in [0.2, 0.25) is 0 Å². The zero-order chi connectivity index (χ0) is 17.8. The van der Waals surface area contributed by atoms with Gasteiger partial charge in [0.15, 0.2) is 0 Å². The molecule has 0 saturated heterocycles. The van der Waals surface area contributed by atoms with Gasteiger partial charge in [-0.05, 0) is 35.2 Å². The van der Waals surface area contributed by atoms with Crippen molar-refractivity contribution in [3.63, 3.8) is 0 Å². The third-order valence-corrected chi connectivity index (χ3v) is 4.49. The van der Waals surface area contributed by atoms with Crippen molar-refractivity contribution in [2.24, 2.45) is 0 Å². The number of pyridine rings is 1. The maximum absolute atomic E-state index is 13.9. The SMILES string of the molecule is Fc1cccc2c(NCCc3cccc(-c4ccccc4)c3)ccnc12. The Balaban J connectivity index is 1.48. The summed E-state index contributed by atoms with van der Waals surface area (Å²) >= 11 is 0. The van der Waals surface area contributed by atoms with Crippen LogP contribution >= 0.6 is 0 Å². The summed E-state index contributed by atoms with van der Waals surface area (Å²) in [5.41, 5.74) is 5.03. The molecule has 0 amide bonds. The predicted octanol–water partition coefficient (Wildman–Crippen LogP) is 5.70. The van der Waals surface area contributed by atoms with Crippen molar-refractivity contribution in [3.05, 3.63) is 96.4 Å². The molecule has 3 heteroatoms. The highest BCUT2D eigenvalue weighted by atomic mass is 19.1. The molecular weight excluding hydrogens is 323 g/mol. The molecular formula is C23H19FN2. The van der Waals surface area contributed by atoms with E-state index in [9.17, 15) is 4.39 Å². The number of halogens is 1. The summed E-state index contributed by atoms with van der Waals surface area (Å²) in [5, 5.41) is 4.23. The molecule has 26 heavy (non-hydrogen) atoms. The lowest BCUT2D eigenvalue weighted by atomic mass is 10.0. The summed E-state index contributed by atoms with van der Waals surface area (Å²) in [4.78, 5) is 4.14. The van der Waals surface area contributed by atoms with E-state index in [-0.39, 0.29) is 5.82 Å². The Bertz CT molecular complexity index is 1030. The molecule has 0 aliphatic rings. The van der Waals surface area contributed by atoms with Crippen molar-refractivity contribution in [2.45, 2.75) is 6.42 Å². The average molecular weight is 342 g/mol. The van der Waals surface area contributed by atoms with Gasteiger partial charge in [-0.3, -0.25) is 4.98 Å². The van der Waals surface area contributed by atoms with Crippen molar-refractivity contribution in [2.75, 3.05) is 11.9 Å². The monoisotopic (exact) mass is 342 g/mol. The lowest BCUT2D eigenvalue weighted by Gasteiger charge is -2.10. The van der Waals surface area contributed by atoms with Crippen LogP contribution < -0.4 is 5.32 Å². The fourth-order valence-electron chi connectivity index (χ4n) is 3.17. The molecule has 1 heterocycles. The van der Waals surface area contributed by atoms with E-state index in [1.54, 1.807) is 12.3 Å². The van der Waals surface area contributed by atoms with E-state index in [4.69, 9.17) is 0 Å². The molecule has 0 bridgehead atoms. The van der Waals surface area contributed by atoms with Gasteiger partial charge in [-0.1, -0.05) is 66.7 Å². The first-order chi connectivity index (χ1) is 12.8. The van der Waals surface area contributed by atoms with Gasteiger partial charge < -0.3 is 5.32 Å². The molecule has 0 spiro atoms. The summed E-state index contributed by atoms with van der Waals surface area (Å²) in [6.07, 6.45) is 2.53. The first kappa shape index (κ1) is 16.3. The Morgan fingerprint density at radius 1 is 0.808 bits per heavy atom. The molecule has 1 aromatic heterocycles. The number of benzene rings is 3. The molecule has 0 unspecified atom stereocenters. The van der Waals surface area contributed by atoms with Crippen molar-refractivity contribution in [3.8, 4) is 11.1 Å². The summed E-state index contributed by atoms with van der Waals surface area (Å²) in [6, 6.07) is 25.9. The van der Waals surface area contributed by atoms with Crippen LogP contribution in [-0.4, -0.2) is 11.5 Å². The fraction of sp³-hybridized carbons (Fsp3) is 0.0870. The third kappa shape index (κ3) is 3.42. The first-order valence-electron chi connectivity index (χ1n) is 8.73. The minimum absolute atomic E-state index is 0.290. The summed E-state index contributed by atoms with van der Waals surface area (Å²) in [7, 11) is 0. The van der Waals surface area contributed by atoms with Crippen LogP contribution in [0.15, 0.2) is 85.1 Å². The highest BCUT2D eigenvalue weighted by Gasteiger charge is 2.05. The molecule has 1 N–H and O–H groups in total. The normalized spacial score (nSPS) is 10.8. The Kier molecular flexibility index (Phi) is 4.61. The average Bonchev–Trinajstić information content (AvgIpc) is 2.70. The largest absolute Gasteiger partial charge is 0.384 e. The van der Waals surface area contributed by atoms with E-state index in [0.717, 1.165) is 24.0 Å². The summed E-state index contributed by atoms with van der Waals surface area (Å²) in [5.74, 6) is -0.290. The minimum atomic E-state index is -0.290. The molecule has 4 aromatic rings. The fourth-order valence-corrected chi connectivity index (χ4v) is 3.17. The van der Waals surface area contributed by atoms with Crippen molar-refractivity contribution >= 4 is 16.6 Å². The molecule has 2 nitrogen and oxygen atoms in total. The zero-order valence-electron chi connectivity index (χ0n) is 14.3. The smallest absolute Gasteiger partial charge is 0.149 e. The minimum Gasteiger partial charge on any atom is -0.384 e. The van der Waals surface area contributed by atoms with E-state index in [1.165, 1.54) is 22.8 Å². The predicted molar refractivity (Wildman–Crippen MR) is 106 cm³/mol. The maximum atomic E-state index is 13.9. The summed E-state index contributed by atoms with van der Waals surface area (Å²) in [6.45, 7) is 0.772. The Hall–Kier alpha value is -3.20. The van der Waals surface area contributed by atoms with Gasteiger partial charge in [0.05, 0.1) is 0 Å². The number of nitrogens with one attached hydrogen (secondary N) is 1. The van der Waals surface area contributed by atoms with Crippen molar-refractivity contribution in [1.29, 1.82) is 0 Å². The van der Waals surface area contributed by atoms with Gasteiger partial charge >= 0.3 is 0 Å². The number of fused-ring (bicyclic) bond motifs is 1. The first-order valence-corrected chi connectivity index (χ1v) is 8.73. The van der Waals surface area contributed by atoms with E-state index < -0.39 is 0 Å². The highest BCUT2D eigenvalue weighted by Crippen LogP contribution is 2.24. The van der Waals surface area contributed by atoms with Crippen LogP contribution in [-0.2, 0) is 6.42 Å². The second-order valence-corrected chi connectivity index (χ2v) is 6.24. The number of nitrogens with zero attached hydrogens (tertiary/aromatic N) is 1. The molecule has 0 saturated carbocycles. The molecule has 0 aliphatic heterocycles. The number of hydrogen-bond acceptors (Lipinski definition) is 2. The van der Waals surface area contributed by atoms with Crippen LogP contribution in [0.3, 0.4) is 0 Å². The van der Waals surface area contributed by atoms with Crippen molar-refractivity contribution < 1.29 is 4.39 Å². The Morgan fingerprint density at radius 2 is 1.62 bits per heavy atom. The number of aromatic nitrogens is 1.